The summed E-state index contributed by atoms with van der Waals surface area (Å²) in [6.07, 6.45) is 0. The fourth-order valence-electron chi connectivity index (χ4n) is 0. The van der Waals surface area contributed by atoms with Gasteiger partial charge in [0.2, 0.25) is 17.7 Å². The molecule has 0 heterocycles. The van der Waals surface area contributed by atoms with Crippen LogP contribution in [0.2, 0.25) is 0 Å². The van der Waals surface area contributed by atoms with Crippen LogP contribution in [0.4, 0.5) is 0 Å². The molecule has 0 aromatic carbocycles. The predicted molar refractivity (Wildman–Crippen MR) is 71.2 cm³/mol. The van der Waals surface area contributed by atoms with E-state index in [4.69, 9.17) is 0 Å². The fourth-order valence-corrected chi connectivity index (χ4v) is 0. The third-order valence-corrected chi connectivity index (χ3v) is 1.33. The number of amides is 3. The van der Waals surface area contributed by atoms with Gasteiger partial charge in [0, 0.05) is 20.8 Å². The van der Waals surface area contributed by atoms with Crippen molar-refractivity contribution in [1.29, 1.82) is 0 Å². The molecule has 0 aliphatic carbocycles. The molecule has 0 fully saturated rings. The van der Waals surface area contributed by atoms with Gasteiger partial charge in [-0.25, -0.2) is 0 Å². The zero-order valence-corrected chi connectivity index (χ0v) is 14.3. The minimum atomic E-state index is -0.463. The third-order valence-electron chi connectivity index (χ3n) is 1.33. The van der Waals surface area contributed by atoms with Crippen molar-refractivity contribution in [2.75, 3.05) is 21.1 Å². The maximum Gasteiger partial charge on any atom is 3.00 e. The van der Waals surface area contributed by atoms with Gasteiger partial charge in [-0.3, -0.25) is 14.4 Å². The van der Waals surface area contributed by atoms with Crippen LogP contribution in [0.3, 0.4) is 0 Å². The predicted octanol–water partition coefficient (Wildman–Crippen LogP) is -0.493. The van der Waals surface area contributed by atoms with Crippen LogP contribution >= 0.6 is 0 Å². The number of hydrogen-bond acceptors (Lipinski definition) is 6. The van der Waals surface area contributed by atoms with Crippen molar-refractivity contribution in [2.45, 2.75) is 20.8 Å². The van der Waals surface area contributed by atoms with Crippen LogP contribution in [0.5, 0.6) is 0 Å². The summed E-state index contributed by atoms with van der Waals surface area (Å²) in [6, 6.07) is 0. The first kappa shape index (κ1) is 26.5. The second-order valence-corrected chi connectivity index (χ2v) is 3.05. The molecule has 0 bridgehead atoms. The van der Waals surface area contributed by atoms with Gasteiger partial charge in [-0.1, -0.05) is 0 Å². The van der Waals surface area contributed by atoms with Gasteiger partial charge >= 0.3 is 19.8 Å². The van der Waals surface area contributed by atoms with E-state index in [-0.39, 0.29) is 35.0 Å². The Labute approximate surface area is 125 Å². The SMILES string of the molecule is CC(=O)N(C)[O-].CC(=O)N(C)[O-].CC(=O)N(C)[O-].[Ga+3]. The van der Waals surface area contributed by atoms with Gasteiger partial charge in [0.15, 0.2) is 0 Å². The molecular weight excluding hydrogens is 316 g/mol. The number of carbonyl (C=O) groups excluding carboxylic acids is 3. The second-order valence-electron chi connectivity index (χ2n) is 3.05. The first-order chi connectivity index (χ1) is 7.93. The largest absolute Gasteiger partial charge is 3.00 e. The molecule has 0 atom stereocenters. The van der Waals surface area contributed by atoms with E-state index in [0.29, 0.717) is 0 Å². The Hall–Kier alpha value is -1.07. The standard InChI is InChI=1S/3C3H6NO2.Ga/c3*1-3(5)4(2)6;/h3*1-2H3;/q3*-1;+3. The van der Waals surface area contributed by atoms with Crippen molar-refractivity contribution >= 4 is 37.5 Å². The van der Waals surface area contributed by atoms with E-state index in [2.05, 4.69) is 0 Å². The summed E-state index contributed by atoms with van der Waals surface area (Å²) in [5.41, 5.74) is 0. The van der Waals surface area contributed by atoms with Crippen molar-refractivity contribution in [1.82, 2.24) is 15.2 Å². The third kappa shape index (κ3) is 31.6. The molecule has 0 unspecified atom stereocenters. The zero-order valence-electron chi connectivity index (χ0n) is 11.9. The number of hydroxylamine groups is 6. The molecule has 0 aromatic heterocycles. The summed E-state index contributed by atoms with van der Waals surface area (Å²) < 4.78 is 0. The molecule has 0 aliphatic heterocycles. The van der Waals surface area contributed by atoms with E-state index in [1.165, 1.54) is 41.9 Å². The average molecular weight is 334 g/mol. The average Bonchev–Trinajstić information content (AvgIpc) is 2.18. The van der Waals surface area contributed by atoms with Crippen LogP contribution < -0.4 is 0 Å². The van der Waals surface area contributed by atoms with Crippen molar-refractivity contribution in [3.8, 4) is 0 Å². The first-order valence-corrected chi connectivity index (χ1v) is 4.67. The Bertz CT molecular complexity index is 228. The summed E-state index contributed by atoms with van der Waals surface area (Å²) >= 11 is 0. The van der Waals surface area contributed by atoms with E-state index < -0.39 is 17.7 Å². The zero-order chi connectivity index (χ0) is 15.5. The Morgan fingerprint density at radius 3 is 0.684 bits per heavy atom. The van der Waals surface area contributed by atoms with Gasteiger partial charge < -0.3 is 30.8 Å². The maximum atomic E-state index is 9.76. The molecule has 3 amide bonds. The summed E-state index contributed by atoms with van der Waals surface area (Å²) in [5, 5.41) is 30.0. The molecule has 108 valence electrons. The molecular formula is C9H18GaN3O6. The molecule has 0 radical (unpaired) electrons. The van der Waals surface area contributed by atoms with E-state index in [9.17, 15) is 30.0 Å². The monoisotopic (exact) mass is 333 g/mol. The molecule has 0 N–H and O–H groups in total. The van der Waals surface area contributed by atoms with E-state index in [1.807, 2.05) is 0 Å². The van der Waals surface area contributed by atoms with E-state index in [0.717, 1.165) is 0 Å². The maximum absolute atomic E-state index is 9.76. The van der Waals surface area contributed by atoms with E-state index in [1.54, 1.807) is 0 Å². The van der Waals surface area contributed by atoms with Crippen molar-refractivity contribution < 1.29 is 14.4 Å². The summed E-state index contributed by atoms with van der Waals surface area (Å²) in [7, 11) is 3.51. The summed E-state index contributed by atoms with van der Waals surface area (Å²) in [4.78, 5) is 29.3. The smallest absolute Gasteiger partial charge is 0.756 e. The molecule has 19 heavy (non-hydrogen) atoms. The van der Waals surface area contributed by atoms with Crippen molar-refractivity contribution in [3.63, 3.8) is 0 Å². The summed E-state index contributed by atoms with van der Waals surface area (Å²) in [5.74, 6) is -1.39. The normalized spacial score (nSPS) is 7.42. The van der Waals surface area contributed by atoms with Gasteiger partial charge in [0.25, 0.3) is 0 Å². The minimum absolute atomic E-state index is 0. The van der Waals surface area contributed by atoms with Gasteiger partial charge in [0.1, 0.15) is 0 Å². The summed E-state index contributed by atoms with van der Waals surface area (Å²) in [6.45, 7) is 3.65. The Morgan fingerprint density at radius 2 is 0.684 bits per heavy atom. The molecule has 0 spiro atoms. The van der Waals surface area contributed by atoms with Crippen LogP contribution in [0.1, 0.15) is 20.8 Å². The molecule has 9 nitrogen and oxygen atoms in total. The van der Waals surface area contributed by atoms with Crippen LogP contribution in [0.15, 0.2) is 0 Å². The molecule has 0 aromatic rings. The molecule has 0 aliphatic rings. The fraction of sp³-hybridized carbons (Fsp3) is 0.667. The molecule has 0 saturated heterocycles. The second kappa shape index (κ2) is 15.0. The number of nitrogens with zero attached hydrogens (tertiary/aromatic N) is 3. The molecule has 10 heteroatoms. The first-order valence-electron chi connectivity index (χ1n) is 4.67. The Kier molecular flexibility index (Phi) is 20.9. The quantitative estimate of drug-likeness (QED) is 0.434. The Morgan fingerprint density at radius 1 is 0.632 bits per heavy atom. The van der Waals surface area contributed by atoms with Gasteiger partial charge in [0.05, 0.1) is 0 Å². The number of hydrogen-bond donors (Lipinski definition) is 0. The Balaban J connectivity index is -0.0000000865. The van der Waals surface area contributed by atoms with Crippen LogP contribution in [0, 0.1) is 15.6 Å². The topological polar surface area (TPSA) is 130 Å². The number of carbonyl (C=O) groups is 3. The van der Waals surface area contributed by atoms with Crippen LogP contribution in [-0.2, 0) is 14.4 Å². The molecule has 0 rings (SSSR count). The van der Waals surface area contributed by atoms with Gasteiger partial charge in [-0.15, -0.1) is 0 Å². The van der Waals surface area contributed by atoms with Crippen molar-refractivity contribution in [3.05, 3.63) is 15.6 Å². The van der Waals surface area contributed by atoms with Gasteiger partial charge in [-0.2, -0.15) is 0 Å². The van der Waals surface area contributed by atoms with Crippen LogP contribution in [-0.4, -0.2) is 73.8 Å². The molecule has 0 saturated carbocycles. The minimum Gasteiger partial charge on any atom is -0.756 e. The number of rotatable bonds is 0. The van der Waals surface area contributed by atoms with Crippen molar-refractivity contribution in [2.24, 2.45) is 0 Å². The van der Waals surface area contributed by atoms with Gasteiger partial charge in [-0.05, 0) is 21.1 Å². The van der Waals surface area contributed by atoms with Crippen LogP contribution in [0.25, 0.3) is 0 Å². The van der Waals surface area contributed by atoms with E-state index >= 15 is 0 Å².